The fourth-order valence-electron chi connectivity index (χ4n) is 3.66. The van der Waals surface area contributed by atoms with Gasteiger partial charge in [0.25, 0.3) is 0 Å². The van der Waals surface area contributed by atoms with E-state index in [1.54, 1.807) is 0 Å². The minimum absolute atomic E-state index is 0.0991. The molecule has 0 radical (unpaired) electrons. The van der Waals surface area contributed by atoms with Gasteiger partial charge in [0.2, 0.25) is 0 Å². The van der Waals surface area contributed by atoms with Gasteiger partial charge in [-0.2, -0.15) is 5.26 Å². The molecule has 12 atom stereocenters. The fourth-order valence-corrected chi connectivity index (χ4v) is 3.66. The predicted molar refractivity (Wildman–Crippen MR) is 94.2 cm³/mol. The zero-order chi connectivity index (χ0) is 22.2. The SMILES string of the molecule is C[C@H]1O[C@@H](O[C@@H]2C=C[C@@](C#N)(O[C@@H]3O[C@H](CO)[C@@H](O)[C@H](O)[C@H]3O)C2)[C@H](O)[C@H](O)[C@H]1O. The Morgan fingerprint density at radius 3 is 2.23 bits per heavy atom. The van der Waals surface area contributed by atoms with Gasteiger partial charge in [-0.05, 0) is 13.0 Å². The van der Waals surface area contributed by atoms with E-state index in [2.05, 4.69) is 0 Å². The maximum absolute atomic E-state index is 10.1. The van der Waals surface area contributed by atoms with Crippen molar-refractivity contribution in [1.29, 1.82) is 5.26 Å². The molecule has 0 amide bonds. The van der Waals surface area contributed by atoms with E-state index < -0.39 is 79.7 Å². The normalized spacial score (nSPS) is 51.6. The highest BCUT2D eigenvalue weighted by molar-refractivity contribution is 5.25. The third kappa shape index (κ3) is 4.38. The molecule has 0 aromatic carbocycles. The molecular weight excluding hydrogens is 406 g/mol. The second kappa shape index (κ2) is 9.11. The molecule has 2 fully saturated rings. The van der Waals surface area contributed by atoms with Crippen molar-refractivity contribution >= 4 is 0 Å². The largest absolute Gasteiger partial charge is 0.394 e. The van der Waals surface area contributed by atoms with Crippen molar-refractivity contribution in [3.63, 3.8) is 0 Å². The zero-order valence-corrected chi connectivity index (χ0v) is 16.1. The predicted octanol–water partition coefficient (Wildman–Crippen LogP) is -3.76. The lowest BCUT2D eigenvalue weighted by Gasteiger charge is -2.42. The molecule has 0 bridgehead atoms. The van der Waals surface area contributed by atoms with Gasteiger partial charge in [-0.3, -0.25) is 0 Å². The first-order chi connectivity index (χ1) is 14.1. The summed E-state index contributed by atoms with van der Waals surface area (Å²) < 4.78 is 21.8. The number of ether oxygens (including phenoxy) is 4. The number of aliphatic hydroxyl groups excluding tert-OH is 7. The third-order valence-corrected chi connectivity index (χ3v) is 5.57. The molecule has 0 aromatic rings. The number of nitriles is 1. The lowest BCUT2D eigenvalue weighted by Crippen LogP contribution is -2.60. The Labute approximate surface area is 172 Å². The lowest BCUT2D eigenvalue weighted by molar-refractivity contribution is -0.319. The molecule has 2 aliphatic heterocycles. The van der Waals surface area contributed by atoms with Crippen molar-refractivity contribution in [3.8, 4) is 6.07 Å². The van der Waals surface area contributed by atoms with Crippen LogP contribution in [0.2, 0.25) is 0 Å². The van der Waals surface area contributed by atoms with Gasteiger partial charge in [-0.1, -0.05) is 6.08 Å². The van der Waals surface area contributed by atoms with E-state index in [-0.39, 0.29) is 6.42 Å². The monoisotopic (exact) mass is 433 g/mol. The molecule has 7 N–H and O–H groups in total. The van der Waals surface area contributed by atoms with Crippen LogP contribution in [0.15, 0.2) is 12.2 Å². The minimum Gasteiger partial charge on any atom is -0.394 e. The maximum atomic E-state index is 10.1. The molecule has 2 heterocycles. The smallest absolute Gasteiger partial charge is 0.189 e. The Hall–Kier alpha value is -1.21. The first kappa shape index (κ1) is 23.5. The lowest BCUT2D eigenvalue weighted by atomic mass is 9.98. The molecule has 0 aromatic heterocycles. The van der Waals surface area contributed by atoms with Gasteiger partial charge in [-0.15, -0.1) is 0 Å². The summed E-state index contributed by atoms with van der Waals surface area (Å²) in [7, 11) is 0. The average Bonchev–Trinajstić information content (AvgIpc) is 3.14. The summed E-state index contributed by atoms with van der Waals surface area (Å²) in [6.07, 6.45) is -12.0. The van der Waals surface area contributed by atoms with Crippen LogP contribution in [-0.4, -0.2) is 115 Å². The van der Waals surface area contributed by atoms with Crippen LogP contribution in [0.4, 0.5) is 0 Å². The van der Waals surface area contributed by atoms with Crippen LogP contribution in [0, 0.1) is 11.3 Å². The van der Waals surface area contributed by atoms with Crippen molar-refractivity contribution < 1.29 is 54.7 Å². The van der Waals surface area contributed by atoms with Gasteiger partial charge >= 0.3 is 0 Å². The van der Waals surface area contributed by atoms with Crippen molar-refractivity contribution in [1.82, 2.24) is 0 Å². The van der Waals surface area contributed by atoms with Crippen LogP contribution in [0.5, 0.6) is 0 Å². The summed E-state index contributed by atoms with van der Waals surface area (Å²) in [5.41, 5.74) is -1.64. The Bertz CT molecular complexity index is 669. The molecule has 3 aliphatic rings. The molecule has 170 valence electrons. The highest BCUT2D eigenvalue weighted by Gasteiger charge is 2.50. The molecule has 12 nitrogen and oxygen atoms in total. The summed E-state index contributed by atoms with van der Waals surface area (Å²) >= 11 is 0. The molecule has 1 aliphatic carbocycles. The molecule has 12 heteroatoms. The first-order valence-corrected chi connectivity index (χ1v) is 9.56. The molecule has 30 heavy (non-hydrogen) atoms. The standard InChI is InChI=1S/C18H27NO11/c1-7-10(21)12(23)14(25)16(27-7)28-8-2-3-18(4-8,6-19)30-17-15(26)13(24)11(22)9(5-20)29-17/h2-3,7-17,20-26H,4-5H2,1H3/t7-,8-,9-,10+,11-,12-,13+,14-,15-,16+,17+,18-/m1/s1. The Morgan fingerprint density at radius 1 is 0.967 bits per heavy atom. The second-order valence-corrected chi connectivity index (χ2v) is 7.74. The van der Waals surface area contributed by atoms with Gasteiger partial charge in [0.1, 0.15) is 48.8 Å². The molecule has 3 rings (SSSR count). The molecule has 0 spiro atoms. The Kier molecular flexibility index (Phi) is 7.12. The van der Waals surface area contributed by atoms with Crippen LogP contribution >= 0.6 is 0 Å². The third-order valence-electron chi connectivity index (χ3n) is 5.57. The summed E-state index contributed by atoms with van der Waals surface area (Å²) in [6.45, 7) is 0.859. The van der Waals surface area contributed by atoms with Crippen molar-refractivity contribution in [2.75, 3.05) is 6.61 Å². The zero-order valence-electron chi connectivity index (χ0n) is 16.1. The molecule has 0 unspecified atom stereocenters. The van der Waals surface area contributed by atoms with Crippen LogP contribution in [0.1, 0.15) is 13.3 Å². The van der Waals surface area contributed by atoms with Crippen molar-refractivity contribution in [2.24, 2.45) is 0 Å². The Balaban J connectivity index is 1.65. The number of nitrogens with zero attached hydrogens (tertiary/aromatic N) is 1. The van der Waals surface area contributed by atoms with Crippen LogP contribution in [0.3, 0.4) is 0 Å². The van der Waals surface area contributed by atoms with E-state index in [0.29, 0.717) is 0 Å². The summed E-state index contributed by atoms with van der Waals surface area (Å²) in [6, 6.07) is 1.93. The van der Waals surface area contributed by atoms with Gasteiger partial charge in [-0.25, -0.2) is 0 Å². The summed E-state index contributed by atoms with van der Waals surface area (Å²) in [4.78, 5) is 0. The van der Waals surface area contributed by atoms with Crippen LogP contribution < -0.4 is 0 Å². The average molecular weight is 433 g/mol. The van der Waals surface area contributed by atoms with E-state index >= 15 is 0 Å². The number of aliphatic hydroxyl groups is 7. The maximum Gasteiger partial charge on any atom is 0.189 e. The number of rotatable bonds is 5. The second-order valence-electron chi connectivity index (χ2n) is 7.74. The molecule has 0 saturated carbocycles. The molecule has 2 saturated heterocycles. The molecular formula is C18H27NO11. The summed E-state index contributed by atoms with van der Waals surface area (Å²) in [5, 5.41) is 78.5. The van der Waals surface area contributed by atoms with E-state index in [1.165, 1.54) is 19.1 Å². The highest BCUT2D eigenvalue weighted by atomic mass is 16.7. The van der Waals surface area contributed by atoms with Gasteiger partial charge in [0.05, 0.1) is 18.8 Å². The van der Waals surface area contributed by atoms with E-state index in [0.717, 1.165) is 0 Å². The fraction of sp³-hybridized carbons (Fsp3) is 0.833. The van der Waals surface area contributed by atoms with Crippen molar-refractivity contribution in [2.45, 2.75) is 86.5 Å². The van der Waals surface area contributed by atoms with Gasteiger partial charge in [0.15, 0.2) is 18.2 Å². The van der Waals surface area contributed by atoms with E-state index in [4.69, 9.17) is 18.9 Å². The van der Waals surface area contributed by atoms with E-state index in [1.807, 2.05) is 6.07 Å². The Morgan fingerprint density at radius 2 is 1.60 bits per heavy atom. The van der Waals surface area contributed by atoms with Crippen LogP contribution in [-0.2, 0) is 18.9 Å². The number of hydrogen-bond acceptors (Lipinski definition) is 12. The quantitative estimate of drug-likeness (QED) is 0.209. The first-order valence-electron chi connectivity index (χ1n) is 9.56. The highest BCUT2D eigenvalue weighted by Crippen LogP contribution is 2.35. The van der Waals surface area contributed by atoms with Gasteiger partial charge < -0.3 is 54.7 Å². The minimum atomic E-state index is -1.68. The van der Waals surface area contributed by atoms with E-state index in [9.17, 15) is 41.0 Å². The van der Waals surface area contributed by atoms with Crippen LogP contribution in [0.25, 0.3) is 0 Å². The summed E-state index contributed by atoms with van der Waals surface area (Å²) in [5.74, 6) is 0. The number of hydrogen-bond donors (Lipinski definition) is 7. The van der Waals surface area contributed by atoms with Crippen molar-refractivity contribution in [3.05, 3.63) is 12.2 Å². The van der Waals surface area contributed by atoms with Gasteiger partial charge in [0, 0.05) is 6.42 Å². The topological polar surface area (TPSA) is 202 Å².